The third-order valence-corrected chi connectivity index (χ3v) is 2.71. The molecule has 0 amide bonds. The van der Waals surface area contributed by atoms with Crippen LogP contribution >= 0.6 is 22.2 Å². The molecule has 0 N–H and O–H groups in total. The van der Waals surface area contributed by atoms with Gasteiger partial charge in [-0.25, -0.2) is 0 Å². The van der Waals surface area contributed by atoms with Gasteiger partial charge in [0.25, 0.3) is 7.42 Å². The summed E-state index contributed by atoms with van der Waals surface area (Å²) in [5.74, 6) is 0.743. The average Bonchev–Trinajstić information content (AvgIpc) is 1.61. The van der Waals surface area contributed by atoms with E-state index in [9.17, 15) is 0 Å². The van der Waals surface area contributed by atoms with Crippen LogP contribution in [-0.2, 0) is 0 Å². The smallest absolute Gasteiger partial charge is 0.147 e. The molecule has 0 aromatic heterocycles. The maximum Gasteiger partial charge on any atom is 0.273 e. The average molecular weight is 170 g/mol. The predicted octanol–water partition coefficient (Wildman–Crippen LogP) is 3.00. The van der Waals surface area contributed by atoms with Crippen LogP contribution in [-0.4, -0.2) is 7.42 Å². The second-order valence-electron chi connectivity index (χ2n) is 2.27. The van der Waals surface area contributed by atoms with Crippen molar-refractivity contribution in [3.8, 4) is 0 Å². The van der Waals surface area contributed by atoms with E-state index in [1.54, 1.807) is 0 Å². The Morgan fingerprint density at radius 3 is 2.00 bits per heavy atom. The molecule has 3 heteroatoms. The van der Waals surface area contributed by atoms with E-state index in [1.807, 2.05) is 0 Å². The van der Waals surface area contributed by atoms with Crippen molar-refractivity contribution in [1.29, 1.82) is 0 Å². The Labute approximate surface area is 62.2 Å². The minimum absolute atomic E-state index is 0.743. The molecule has 0 aliphatic heterocycles. The predicted molar refractivity (Wildman–Crippen MR) is 41.7 cm³/mol. The lowest BCUT2D eigenvalue weighted by Crippen LogP contribution is -1.95. The van der Waals surface area contributed by atoms with Crippen molar-refractivity contribution in [2.24, 2.45) is 5.92 Å². The summed E-state index contributed by atoms with van der Waals surface area (Å²) in [6.45, 7) is 4.36. The first kappa shape index (κ1) is 8.80. The number of hydrogen-bond acceptors (Lipinski definition) is 0. The molecule has 0 aliphatic carbocycles. The molecular weight excluding hydrogens is 159 g/mol. The van der Waals surface area contributed by atoms with Crippen LogP contribution < -0.4 is 0 Å². The van der Waals surface area contributed by atoms with Crippen molar-refractivity contribution >= 4 is 29.6 Å². The summed E-state index contributed by atoms with van der Waals surface area (Å²) < 4.78 is 0. The second-order valence-corrected chi connectivity index (χ2v) is 6.77. The fourth-order valence-electron chi connectivity index (χ4n) is 0.398. The number of hydrogen-bond donors (Lipinski definition) is 0. The van der Waals surface area contributed by atoms with Crippen LogP contribution in [0.25, 0.3) is 0 Å². The zero-order valence-corrected chi connectivity index (χ0v) is 7.76. The molecule has 0 aromatic carbocycles. The summed E-state index contributed by atoms with van der Waals surface area (Å²) in [5.41, 5.74) is 0. The molecule has 0 heterocycles. The minimum Gasteiger partial charge on any atom is -0.147 e. The molecule has 0 aliphatic rings. The SMILES string of the molecule is CC(C)CC[Si](Cl)Cl. The molecule has 1 radical (unpaired) electrons. The van der Waals surface area contributed by atoms with E-state index in [1.165, 1.54) is 6.42 Å². The molecule has 0 spiro atoms. The van der Waals surface area contributed by atoms with E-state index in [0.29, 0.717) is 0 Å². The monoisotopic (exact) mass is 169 g/mol. The topological polar surface area (TPSA) is 0 Å². The molecule has 8 heavy (non-hydrogen) atoms. The third kappa shape index (κ3) is 6.80. The Hall–Kier alpha value is 0.797. The molecule has 49 valence electrons. The summed E-state index contributed by atoms with van der Waals surface area (Å²) in [7, 11) is -0.985. The van der Waals surface area contributed by atoms with Crippen molar-refractivity contribution in [3.63, 3.8) is 0 Å². The molecule has 0 bridgehead atoms. The first-order valence-electron chi connectivity index (χ1n) is 2.79. The lowest BCUT2D eigenvalue weighted by atomic mass is 10.2. The largest absolute Gasteiger partial charge is 0.273 e. The lowest BCUT2D eigenvalue weighted by molar-refractivity contribution is 0.624. The van der Waals surface area contributed by atoms with Gasteiger partial charge in [-0.15, -0.1) is 22.2 Å². The van der Waals surface area contributed by atoms with Crippen molar-refractivity contribution in [1.82, 2.24) is 0 Å². The van der Waals surface area contributed by atoms with E-state index < -0.39 is 7.42 Å². The summed E-state index contributed by atoms with van der Waals surface area (Å²) >= 11 is 11.2. The van der Waals surface area contributed by atoms with Gasteiger partial charge < -0.3 is 0 Å². The molecule has 0 aromatic rings. The normalized spacial score (nSPS) is 11.2. The van der Waals surface area contributed by atoms with Gasteiger partial charge >= 0.3 is 0 Å². The Morgan fingerprint density at radius 1 is 1.38 bits per heavy atom. The summed E-state index contributed by atoms with van der Waals surface area (Å²) in [5, 5.41) is 0. The van der Waals surface area contributed by atoms with Gasteiger partial charge in [0.15, 0.2) is 0 Å². The molecular formula is C5H11Cl2Si. The van der Waals surface area contributed by atoms with E-state index in [4.69, 9.17) is 22.2 Å². The summed E-state index contributed by atoms with van der Waals surface area (Å²) in [6, 6.07) is 1.02. The Balaban J connectivity index is 2.93. The van der Waals surface area contributed by atoms with Gasteiger partial charge in [-0.2, -0.15) is 0 Å². The van der Waals surface area contributed by atoms with Crippen LogP contribution in [0.3, 0.4) is 0 Å². The van der Waals surface area contributed by atoms with Crippen molar-refractivity contribution in [3.05, 3.63) is 0 Å². The highest BCUT2D eigenvalue weighted by Gasteiger charge is 2.03. The maximum absolute atomic E-state index is 5.59. The summed E-state index contributed by atoms with van der Waals surface area (Å²) in [4.78, 5) is 0. The molecule has 0 atom stereocenters. The van der Waals surface area contributed by atoms with Crippen molar-refractivity contribution in [2.75, 3.05) is 0 Å². The second kappa shape index (κ2) is 4.65. The first-order valence-corrected chi connectivity index (χ1v) is 6.53. The fraction of sp³-hybridized carbons (Fsp3) is 1.00. The zero-order chi connectivity index (χ0) is 6.57. The van der Waals surface area contributed by atoms with E-state index in [-0.39, 0.29) is 0 Å². The molecule has 0 rings (SSSR count). The molecule has 0 saturated carbocycles. The quantitative estimate of drug-likeness (QED) is 0.451. The molecule has 0 unspecified atom stereocenters. The highest BCUT2D eigenvalue weighted by Crippen LogP contribution is 2.11. The molecule has 0 saturated heterocycles. The fourth-order valence-corrected chi connectivity index (χ4v) is 1.85. The van der Waals surface area contributed by atoms with E-state index in [0.717, 1.165) is 12.0 Å². The summed E-state index contributed by atoms with van der Waals surface area (Å²) in [6.07, 6.45) is 1.17. The Morgan fingerprint density at radius 2 is 1.88 bits per heavy atom. The maximum atomic E-state index is 5.59. The molecule has 0 nitrogen and oxygen atoms in total. The van der Waals surface area contributed by atoms with Gasteiger partial charge in [-0.3, -0.25) is 0 Å². The minimum atomic E-state index is -0.985. The first-order chi connectivity index (χ1) is 3.63. The van der Waals surface area contributed by atoms with Crippen LogP contribution in [0.2, 0.25) is 6.04 Å². The van der Waals surface area contributed by atoms with Crippen LogP contribution in [0.15, 0.2) is 0 Å². The van der Waals surface area contributed by atoms with Crippen LogP contribution in [0.5, 0.6) is 0 Å². The third-order valence-electron chi connectivity index (χ3n) is 0.911. The Bertz CT molecular complexity index is 46.4. The van der Waals surface area contributed by atoms with Gasteiger partial charge in [0.1, 0.15) is 0 Å². The van der Waals surface area contributed by atoms with Crippen LogP contribution in [0.4, 0.5) is 0 Å². The van der Waals surface area contributed by atoms with Gasteiger partial charge in [-0.05, 0) is 12.0 Å². The Kier molecular flexibility index (Phi) is 5.12. The van der Waals surface area contributed by atoms with Gasteiger partial charge in [0, 0.05) is 0 Å². The van der Waals surface area contributed by atoms with Crippen molar-refractivity contribution < 1.29 is 0 Å². The zero-order valence-electron chi connectivity index (χ0n) is 5.25. The lowest BCUT2D eigenvalue weighted by Gasteiger charge is -2.00. The van der Waals surface area contributed by atoms with Crippen LogP contribution in [0, 0.1) is 5.92 Å². The van der Waals surface area contributed by atoms with Gasteiger partial charge in [0.2, 0.25) is 0 Å². The number of rotatable bonds is 3. The van der Waals surface area contributed by atoms with E-state index >= 15 is 0 Å². The van der Waals surface area contributed by atoms with Gasteiger partial charge in [-0.1, -0.05) is 20.3 Å². The number of halogens is 2. The highest BCUT2D eigenvalue weighted by atomic mass is 35.7. The van der Waals surface area contributed by atoms with Crippen molar-refractivity contribution in [2.45, 2.75) is 26.3 Å². The standard InChI is InChI=1S/C5H11Cl2Si/c1-5(2)3-4-8(6)7/h5H,3-4H2,1-2H3. The van der Waals surface area contributed by atoms with E-state index in [2.05, 4.69) is 13.8 Å². The highest BCUT2D eigenvalue weighted by molar-refractivity contribution is 7.33. The van der Waals surface area contributed by atoms with Gasteiger partial charge in [0.05, 0.1) is 0 Å². The van der Waals surface area contributed by atoms with Crippen LogP contribution in [0.1, 0.15) is 20.3 Å². The molecule has 0 fully saturated rings.